The molecule has 0 atom stereocenters. The van der Waals surface area contributed by atoms with Crippen LogP contribution in [0.3, 0.4) is 0 Å². The lowest BCUT2D eigenvalue weighted by atomic mass is 9.77. The number of aromatic nitrogens is 3. The van der Waals surface area contributed by atoms with Gasteiger partial charge in [-0.15, -0.1) is 0 Å². The summed E-state index contributed by atoms with van der Waals surface area (Å²) >= 11 is 14.0. The van der Waals surface area contributed by atoms with Crippen LogP contribution in [0, 0.1) is 5.41 Å². The van der Waals surface area contributed by atoms with Crippen molar-refractivity contribution in [2.24, 2.45) is 5.41 Å². The van der Waals surface area contributed by atoms with Gasteiger partial charge in [-0.3, -0.25) is 4.40 Å². The van der Waals surface area contributed by atoms with Gasteiger partial charge >= 0.3 is 0 Å². The summed E-state index contributed by atoms with van der Waals surface area (Å²) in [6.07, 6.45) is 13.9. The molecule has 0 unspecified atom stereocenters. The first-order valence-corrected chi connectivity index (χ1v) is 11.4. The van der Waals surface area contributed by atoms with Gasteiger partial charge in [-0.1, -0.05) is 47.8 Å². The molecule has 7 heteroatoms. The van der Waals surface area contributed by atoms with Crippen LogP contribution in [0.2, 0.25) is 10.0 Å². The summed E-state index contributed by atoms with van der Waals surface area (Å²) in [6.45, 7) is 2.15. The lowest BCUT2D eigenvalue weighted by Gasteiger charge is -2.39. The number of imidazole rings is 1. The number of halogens is 2. The van der Waals surface area contributed by atoms with Gasteiger partial charge in [0.2, 0.25) is 5.95 Å². The first-order valence-electron chi connectivity index (χ1n) is 9.84. The molecule has 3 aromatic rings. The van der Waals surface area contributed by atoms with E-state index in [-0.39, 0.29) is 0 Å². The summed E-state index contributed by atoms with van der Waals surface area (Å²) in [5.74, 6) is 0.988. The van der Waals surface area contributed by atoms with E-state index in [2.05, 4.69) is 14.3 Å². The van der Waals surface area contributed by atoms with E-state index in [0.29, 0.717) is 15.5 Å². The predicted molar refractivity (Wildman–Crippen MR) is 116 cm³/mol. The largest absolute Gasteiger partial charge is 0.342 e. The van der Waals surface area contributed by atoms with Crippen molar-refractivity contribution in [1.29, 1.82) is 0 Å². The number of rotatable bonds is 3. The highest BCUT2D eigenvalue weighted by Crippen LogP contribution is 2.46. The lowest BCUT2D eigenvalue weighted by molar-refractivity contribution is 0.225. The molecule has 1 saturated heterocycles. The topological polar surface area (TPSA) is 33.4 Å². The Morgan fingerprint density at radius 3 is 2.54 bits per heavy atom. The molecule has 2 aliphatic rings. The van der Waals surface area contributed by atoms with Gasteiger partial charge < -0.3 is 4.90 Å². The third kappa shape index (κ3) is 3.38. The van der Waals surface area contributed by atoms with Crippen LogP contribution in [0.1, 0.15) is 38.5 Å². The molecule has 146 valence electrons. The van der Waals surface area contributed by atoms with E-state index >= 15 is 0 Å². The standard InChI is InChI=1S/C21H22Cl2N4S/c22-15-3-4-16(23)17(13-15)28-18-14-25-20(27-12-9-24-19(18)27)26-10-7-21(8-11-26)5-1-2-6-21/h3-4,9,12-14H,1-2,5-8,10-11H2. The van der Waals surface area contributed by atoms with Crippen molar-refractivity contribution >= 4 is 46.6 Å². The Morgan fingerprint density at radius 2 is 1.75 bits per heavy atom. The van der Waals surface area contributed by atoms with Crippen LogP contribution in [-0.4, -0.2) is 27.5 Å². The molecule has 0 amide bonds. The molecule has 0 N–H and O–H groups in total. The molecular formula is C21H22Cl2N4S. The summed E-state index contributed by atoms with van der Waals surface area (Å²) in [5.41, 5.74) is 1.51. The lowest BCUT2D eigenvalue weighted by Crippen LogP contribution is -2.40. The van der Waals surface area contributed by atoms with Crippen molar-refractivity contribution in [3.8, 4) is 0 Å². The van der Waals surface area contributed by atoms with Gasteiger partial charge in [-0.2, -0.15) is 0 Å². The van der Waals surface area contributed by atoms with E-state index in [4.69, 9.17) is 28.2 Å². The summed E-state index contributed by atoms with van der Waals surface area (Å²) in [6, 6.07) is 5.50. The fourth-order valence-electron chi connectivity index (χ4n) is 4.67. The molecule has 2 fully saturated rings. The smallest absolute Gasteiger partial charge is 0.211 e. The van der Waals surface area contributed by atoms with E-state index in [1.165, 1.54) is 38.5 Å². The first kappa shape index (κ1) is 18.6. The van der Waals surface area contributed by atoms with Gasteiger partial charge in [0.15, 0.2) is 5.65 Å². The summed E-state index contributed by atoms with van der Waals surface area (Å²) in [4.78, 5) is 13.7. The van der Waals surface area contributed by atoms with Gasteiger partial charge in [-0.05, 0) is 49.3 Å². The Bertz CT molecular complexity index is 1000. The third-order valence-electron chi connectivity index (χ3n) is 6.26. The Morgan fingerprint density at radius 1 is 0.964 bits per heavy atom. The molecule has 5 rings (SSSR count). The fourth-order valence-corrected chi connectivity index (χ4v) is 6.08. The van der Waals surface area contributed by atoms with Crippen molar-refractivity contribution in [2.45, 2.75) is 48.3 Å². The predicted octanol–water partition coefficient (Wildman–Crippen LogP) is 6.35. The average molecular weight is 433 g/mol. The number of benzene rings is 1. The molecule has 28 heavy (non-hydrogen) atoms. The van der Waals surface area contributed by atoms with E-state index in [1.54, 1.807) is 17.8 Å². The monoisotopic (exact) mass is 432 g/mol. The maximum absolute atomic E-state index is 6.35. The highest BCUT2D eigenvalue weighted by Gasteiger charge is 2.37. The quantitative estimate of drug-likeness (QED) is 0.482. The molecule has 4 nitrogen and oxygen atoms in total. The minimum absolute atomic E-state index is 0.601. The van der Waals surface area contributed by atoms with Gasteiger partial charge in [0, 0.05) is 41.6 Å². The average Bonchev–Trinajstić information content (AvgIpc) is 3.36. The van der Waals surface area contributed by atoms with Crippen molar-refractivity contribution in [1.82, 2.24) is 14.4 Å². The molecule has 1 aromatic carbocycles. The maximum Gasteiger partial charge on any atom is 0.211 e. The third-order valence-corrected chi connectivity index (χ3v) is 8.00. The number of anilines is 1. The van der Waals surface area contributed by atoms with Crippen molar-refractivity contribution in [3.05, 3.63) is 46.8 Å². The number of hydrogen-bond donors (Lipinski definition) is 0. The highest BCUT2D eigenvalue weighted by molar-refractivity contribution is 7.99. The van der Waals surface area contributed by atoms with Crippen LogP contribution in [0.5, 0.6) is 0 Å². The second kappa shape index (κ2) is 7.43. The first-order chi connectivity index (χ1) is 13.6. The summed E-state index contributed by atoms with van der Waals surface area (Å²) in [5, 5.41) is 1.35. The molecular weight excluding hydrogens is 411 g/mol. The van der Waals surface area contributed by atoms with E-state index < -0.39 is 0 Å². The number of piperidine rings is 1. The van der Waals surface area contributed by atoms with Gasteiger partial charge in [-0.25, -0.2) is 9.97 Å². The van der Waals surface area contributed by atoms with Crippen LogP contribution < -0.4 is 4.90 Å². The molecule has 2 aromatic heterocycles. The van der Waals surface area contributed by atoms with Crippen LogP contribution in [0.15, 0.2) is 46.6 Å². The van der Waals surface area contributed by atoms with E-state index in [9.17, 15) is 0 Å². The SMILES string of the molecule is Clc1ccc(Cl)c(Sc2cnc(N3CCC4(CCCC4)CC3)n3ccnc23)c1. The number of fused-ring (bicyclic) bond motifs is 1. The zero-order chi connectivity index (χ0) is 19.1. The molecule has 1 aliphatic carbocycles. The molecule has 1 aliphatic heterocycles. The van der Waals surface area contributed by atoms with E-state index in [0.717, 1.165) is 34.5 Å². The second-order valence-electron chi connectivity index (χ2n) is 7.91. The highest BCUT2D eigenvalue weighted by atomic mass is 35.5. The normalized spacial score (nSPS) is 19.0. The molecule has 0 bridgehead atoms. The van der Waals surface area contributed by atoms with Gasteiger partial charge in [0.05, 0.1) is 9.92 Å². The summed E-state index contributed by atoms with van der Waals surface area (Å²) < 4.78 is 2.10. The molecule has 3 heterocycles. The number of nitrogens with zero attached hydrogens (tertiary/aromatic N) is 4. The zero-order valence-electron chi connectivity index (χ0n) is 15.6. The fraction of sp³-hybridized carbons (Fsp3) is 0.429. The van der Waals surface area contributed by atoms with Crippen molar-refractivity contribution in [2.75, 3.05) is 18.0 Å². The van der Waals surface area contributed by atoms with Crippen LogP contribution >= 0.6 is 35.0 Å². The van der Waals surface area contributed by atoms with Crippen LogP contribution in [0.25, 0.3) is 5.65 Å². The van der Waals surface area contributed by atoms with E-state index in [1.807, 2.05) is 30.7 Å². The van der Waals surface area contributed by atoms with Crippen LogP contribution in [0.4, 0.5) is 5.95 Å². The zero-order valence-corrected chi connectivity index (χ0v) is 17.9. The Hall–Kier alpha value is -1.43. The second-order valence-corrected chi connectivity index (χ2v) is 9.84. The molecule has 1 saturated carbocycles. The number of hydrogen-bond acceptors (Lipinski definition) is 4. The van der Waals surface area contributed by atoms with Crippen molar-refractivity contribution in [3.63, 3.8) is 0 Å². The minimum Gasteiger partial charge on any atom is -0.342 e. The maximum atomic E-state index is 6.35. The Kier molecular flexibility index (Phi) is 4.93. The van der Waals surface area contributed by atoms with Crippen LogP contribution in [-0.2, 0) is 0 Å². The van der Waals surface area contributed by atoms with Gasteiger partial charge in [0.25, 0.3) is 0 Å². The molecule has 1 spiro atoms. The van der Waals surface area contributed by atoms with Crippen molar-refractivity contribution < 1.29 is 0 Å². The minimum atomic E-state index is 0.601. The van der Waals surface area contributed by atoms with Gasteiger partial charge in [0.1, 0.15) is 0 Å². The Labute approximate surface area is 179 Å². The summed E-state index contributed by atoms with van der Waals surface area (Å²) in [7, 11) is 0. The Balaban J connectivity index is 1.43. The molecule has 0 radical (unpaired) electrons.